The zero-order valence-electron chi connectivity index (χ0n) is 20.5. The summed E-state index contributed by atoms with van der Waals surface area (Å²) in [6.07, 6.45) is -4.24. The van der Waals surface area contributed by atoms with Crippen LogP contribution < -0.4 is 14.4 Å². The van der Waals surface area contributed by atoms with Gasteiger partial charge in [-0.1, -0.05) is 0 Å². The summed E-state index contributed by atoms with van der Waals surface area (Å²) in [5, 5.41) is 23.3. The Morgan fingerprint density at radius 3 is 2.47 bits per heavy atom. The number of nitro benzene ring substituents is 1. The number of nitrogens with zero attached hydrogens (tertiary/aromatic N) is 3. The molecule has 38 heavy (non-hydrogen) atoms. The van der Waals surface area contributed by atoms with Gasteiger partial charge in [-0.25, -0.2) is 4.98 Å². The van der Waals surface area contributed by atoms with Crippen LogP contribution in [0.5, 0.6) is 11.5 Å². The normalized spacial score (nSPS) is 21.1. The number of anilines is 1. The van der Waals surface area contributed by atoms with Crippen LogP contribution in [0.1, 0.15) is 24.4 Å². The molecule has 0 fully saturated rings. The van der Waals surface area contributed by atoms with Crippen molar-refractivity contribution in [3.05, 3.63) is 76.4 Å². The second-order valence-electron chi connectivity index (χ2n) is 8.66. The number of imidazole rings is 1. The molecule has 11 nitrogen and oxygen atoms in total. The van der Waals surface area contributed by atoms with E-state index in [-0.39, 0.29) is 23.5 Å². The molecule has 1 aliphatic heterocycles. The topological polar surface area (TPSA) is 132 Å². The molecule has 1 aromatic heterocycles. The highest BCUT2D eigenvalue weighted by atomic mass is 19.4. The number of H-pyrrole nitrogens is 1. The quantitative estimate of drug-likeness (QED) is 0.235. The number of aromatic nitrogens is 2. The largest absolute Gasteiger partial charge is 0.573 e. The van der Waals surface area contributed by atoms with Gasteiger partial charge in [-0.15, -0.1) is 13.2 Å². The van der Waals surface area contributed by atoms with Crippen LogP contribution in [-0.2, 0) is 16.0 Å². The maximum absolute atomic E-state index is 12.7. The van der Waals surface area contributed by atoms with Gasteiger partial charge < -0.3 is 33.9 Å². The average Bonchev–Trinajstić information content (AvgIpc) is 3.37. The Morgan fingerprint density at radius 2 is 1.92 bits per heavy atom. The van der Waals surface area contributed by atoms with E-state index < -0.39 is 41.1 Å². The molecule has 0 aliphatic carbocycles. The van der Waals surface area contributed by atoms with Crippen molar-refractivity contribution in [3.8, 4) is 11.5 Å². The third-order valence-electron chi connectivity index (χ3n) is 6.25. The van der Waals surface area contributed by atoms with E-state index in [0.717, 1.165) is 12.1 Å². The van der Waals surface area contributed by atoms with Crippen molar-refractivity contribution in [1.82, 2.24) is 9.97 Å². The van der Waals surface area contributed by atoms with Crippen molar-refractivity contribution < 1.29 is 42.1 Å². The SMILES string of the molecule is COC(OC)[C@@]1(C)Oc2ccc([N+](=O)[O-])cc2[C@@H](N(Cc2ncc[nH]2)c2ccc(OC(F)(F)F)cc2)[C@@H]1O. The van der Waals surface area contributed by atoms with Crippen LogP contribution in [-0.4, -0.2) is 58.6 Å². The van der Waals surface area contributed by atoms with Gasteiger partial charge in [0.05, 0.1) is 17.5 Å². The molecule has 4 rings (SSSR count). The van der Waals surface area contributed by atoms with E-state index in [1.807, 2.05) is 0 Å². The summed E-state index contributed by atoms with van der Waals surface area (Å²) >= 11 is 0. The first-order chi connectivity index (χ1) is 18.0. The van der Waals surface area contributed by atoms with Crippen LogP contribution in [0.4, 0.5) is 24.5 Å². The molecular formula is C24H25F3N4O7. The fourth-order valence-electron chi connectivity index (χ4n) is 4.58. The van der Waals surface area contributed by atoms with Crippen LogP contribution in [0.25, 0.3) is 0 Å². The number of halogens is 3. The highest BCUT2D eigenvalue weighted by Crippen LogP contribution is 2.47. The fraction of sp³-hybridized carbons (Fsp3) is 0.375. The summed E-state index contributed by atoms with van der Waals surface area (Å²) < 4.78 is 59.1. The Kier molecular flexibility index (Phi) is 7.49. The minimum atomic E-state index is -4.87. The number of hydrogen-bond acceptors (Lipinski definition) is 9. The zero-order chi connectivity index (χ0) is 27.7. The number of ether oxygens (including phenoxy) is 4. The molecule has 2 aromatic carbocycles. The Hall–Kier alpha value is -3.88. The van der Waals surface area contributed by atoms with Gasteiger partial charge in [-0.3, -0.25) is 10.1 Å². The Morgan fingerprint density at radius 1 is 1.24 bits per heavy atom. The second kappa shape index (κ2) is 10.5. The van der Waals surface area contributed by atoms with Gasteiger partial charge in [0.15, 0.2) is 11.9 Å². The Bertz CT molecular complexity index is 1250. The number of aliphatic hydroxyl groups is 1. The first-order valence-electron chi connectivity index (χ1n) is 11.3. The summed E-state index contributed by atoms with van der Waals surface area (Å²) in [5.74, 6) is 0.253. The van der Waals surface area contributed by atoms with Gasteiger partial charge in [0.1, 0.15) is 23.4 Å². The molecule has 0 amide bonds. The van der Waals surface area contributed by atoms with Crippen LogP contribution in [0, 0.1) is 10.1 Å². The Labute approximate surface area is 214 Å². The van der Waals surface area contributed by atoms with Crippen molar-refractivity contribution in [1.29, 1.82) is 0 Å². The summed E-state index contributed by atoms with van der Waals surface area (Å²) in [6.45, 7) is 1.61. The maximum atomic E-state index is 12.7. The summed E-state index contributed by atoms with van der Waals surface area (Å²) in [4.78, 5) is 19.8. The monoisotopic (exact) mass is 538 g/mol. The van der Waals surface area contributed by atoms with Gasteiger partial charge in [-0.2, -0.15) is 0 Å². The number of rotatable bonds is 9. The van der Waals surface area contributed by atoms with Crippen molar-refractivity contribution >= 4 is 11.4 Å². The van der Waals surface area contributed by atoms with Gasteiger partial charge in [0, 0.05) is 50.0 Å². The molecule has 0 saturated heterocycles. The molecule has 0 radical (unpaired) electrons. The molecule has 0 saturated carbocycles. The summed E-state index contributed by atoms with van der Waals surface area (Å²) in [6, 6.07) is 7.97. The smallest absolute Gasteiger partial charge is 0.479 e. The first-order valence-corrected chi connectivity index (χ1v) is 11.3. The molecule has 1 aliphatic rings. The van der Waals surface area contributed by atoms with E-state index in [1.54, 1.807) is 18.0 Å². The van der Waals surface area contributed by atoms with Crippen molar-refractivity contribution in [2.45, 2.75) is 43.9 Å². The molecule has 0 bridgehead atoms. The number of hydrogen-bond donors (Lipinski definition) is 2. The van der Waals surface area contributed by atoms with E-state index in [9.17, 15) is 28.4 Å². The lowest BCUT2D eigenvalue weighted by atomic mass is 9.83. The number of non-ortho nitro benzene ring substituents is 1. The third-order valence-corrected chi connectivity index (χ3v) is 6.25. The van der Waals surface area contributed by atoms with Crippen molar-refractivity contribution in [2.75, 3.05) is 19.1 Å². The van der Waals surface area contributed by atoms with E-state index in [0.29, 0.717) is 11.5 Å². The van der Waals surface area contributed by atoms with Crippen LogP contribution >= 0.6 is 0 Å². The molecule has 14 heteroatoms. The summed E-state index contributed by atoms with van der Waals surface area (Å²) in [5.41, 5.74) is -1.10. The van der Waals surface area contributed by atoms with Gasteiger partial charge >= 0.3 is 6.36 Å². The molecular weight excluding hydrogens is 513 g/mol. The minimum Gasteiger partial charge on any atom is -0.479 e. The maximum Gasteiger partial charge on any atom is 0.573 e. The lowest BCUT2D eigenvalue weighted by Gasteiger charge is -2.49. The molecule has 2 N–H and O–H groups in total. The number of nitrogens with one attached hydrogen (secondary N) is 1. The average molecular weight is 538 g/mol. The fourth-order valence-corrected chi connectivity index (χ4v) is 4.58. The van der Waals surface area contributed by atoms with Crippen molar-refractivity contribution in [2.24, 2.45) is 0 Å². The number of aliphatic hydroxyl groups excluding tert-OH is 1. The minimum absolute atomic E-state index is 0.0387. The Balaban J connectivity index is 1.87. The van der Waals surface area contributed by atoms with Crippen LogP contribution in [0.2, 0.25) is 0 Å². The number of nitro groups is 1. The lowest BCUT2D eigenvalue weighted by molar-refractivity contribution is -0.385. The molecule has 0 spiro atoms. The highest BCUT2D eigenvalue weighted by molar-refractivity contribution is 5.56. The highest BCUT2D eigenvalue weighted by Gasteiger charge is 2.54. The van der Waals surface area contributed by atoms with E-state index >= 15 is 0 Å². The number of aromatic amines is 1. The van der Waals surface area contributed by atoms with Gasteiger partial charge in [0.2, 0.25) is 0 Å². The lowest BCUT2D eigenvalue weighted by Crippen LogP contribution is -2.62. The molecule has 204 valence electrons. The molecule has 3 atom stereocenters. The number of methoxy groups -OCH3 is 2. The van der Waals surface area contributed by atoms with E-state index in [1.165, 1.54) is 50.7 Å². The van der Waals surface area contributed by atoms with Crippen LogP contribution in [0.3, 0.4) is 0 Å². The van der Waals surface area contributed by atoms with Crippen LogP contribution in [0.15, 0.2) is 54.9 Å². The predicted molar refractivity (Wildman–Crippen MR) is 127 cm³/mol. The molecule has 3 aromatic rings. The number of benzene rings is 2. The predicted octanol–water partition coefficient (Wildman–Crippen LogP) is 4.10. The van der Waals surface area contributed by atoms with Gasteiger partial charge in [0.25, 0.3) is 5.69 Å². The first kappa shape index (κ1) is 27.2. The summed E-state index contributed by atoms with van der Waals surface area (Å²) in [7, 11) is 2.74. The van der Waals surface area contributed by atoms with Crippen molar-refractivity contribution in [3.63, 3.8) is 0 Å². The molecule has 2 heterocycles. The second-order valence-corrected chi connectivity index (χ2v) is 8.66. The number of alkyl halides is 3. The number of fused-ring (bicyclic) bond motifs is 1. The zero-order valence-corrected chi connectivity index (χ0v) is 20.5. The standard InChI is InChI=1S/C24H25F3N4O7/c1-23(22(35-2)36-3)21(32)20(17-12-15(31(33)34)6-9-18(17)38-23)30(13-19-28-10-11-29-19)14-4-7-16(8-5-14)37-24(25,26)27/h4-12,20-22,32H,13H2,1-3H3,(H,28,29)/t20-,21+,23+/m1/s1. The molecule has 0 unspecified atom stereocenters. The third kappa shape index (κ3) is 5.37. The van der Waals surface area contributed by atoms with E-state index in [2.05, 4.69) is 14.7 Å². The van der Waals surface area contributed by atoms with E-state index in [4.69, 9.17) is 14.2 Å². The van der Waals surface area contributed by atoms with Gasteiger partial charge in [-0.05, 0) is 37.3 Å².